The first-order chi connectivity index (χ1) is 13.3. The molecule has 0 saturated heterocycles. The normalized spacial score (nSPS) is 10.6. The van der Waals surface area contributed by atoms with Gasteiger partial charge < -0.3 is 34.5 Å². The Kier molecular flexibility index (Phi) is 11.8. The van der Waals surface area contributed by atoms with Crippen molar-refractivity contribution in [2.24, 2.45) is 0 Å². The number of aromatic nitrogens is 3. The molecule has 3 heterocycles. The van der Waals surface area contributed by atoms with Crippen molar-refractivity contribution in [2.75, 3.05) is 0 Å². The van der Waals surface area contributed by atoms with Crippen molar-refractivity contribution in [1.82, 2.24) is 15.0 Å². The second-order valence-electron chi connectivity index (χ2n) is 4.97. The smallest absolute Gasteiger partial charge is 0.418 e. The minimum absolute atomic E-state index is 0. The Balaban J connectivity index is 0.000000646. The number of pyridine rings is 3. The van der Waals surface area contributed by atoms with Crippen LogP contribution in [0.4, 0.5) is 34.5 Å². The molecular formula is C15H10B2ClF8N3Pt. The van der Waals surface area contributed by atoms with E-state index in [1.165, 1.54) is 0 Å². The molecule has 3 nitrogen and oxygen atoms in total. The summed E-state index contributed by atoms with van der Waals surface area (Å²) in [6.07, 6.45) is 3.42. The second-order valence-corrected chi connectivity index (χ2v) is 5.41. The summed E-state index contributed by atoms with van der Waals surface area (Å²) in [7, 11) is -12.0. The summed E-state index contributed by atoms with van der Waals surface area (Å²) in [5, 5.41) is 0.648. The Morgan fingerprint density at radius 1 is 0.600 bits per heavy atom. The third-order valence-electron chi connectivity index (χ3n) is 2.66. The minimum Gasteiger partial charge on any atom is -0.418 e. The fourth-order valence-electron chi connectivity index (χ4n) is 1.78. The summed E-state index contributed by atoms with van der Waals surface area (Å²) in [6.45, 7) is 0. The zero-order valence-electron chi connectivity index (χ0n) is 14.5. The molecule has 0 bridgehead atoms. The molecule has 3 aromatic heterocycles. The molecule has 0 spiro atoms. The van der Waals surface area contributed by atoms with Crippen LogP contribution in [0.1, 0.15) is 0 Å². The van der Waals surface area contributed by atoms with Crippen LogP contribution >= 0.6 is 11.6 Å². The van der Waals surface area contributed by atoms with Gasteiger partial charge in [-0.15, -0.1) is 0 Å². The molecule has 3 rings (SSSR count). The molecule has 0 fully saturated rings. The van der Waals surface area contributed by atoms with Crippen LogP contribution in [0.3, 0.4) is 0 Å². The SMILES string of the molecule is Clc1ccnc(-c2cccc(-c3ccccn3)n2)c1.F[B-](F)(F)F.F[B-](F)(F)F.[Pt+2]. The molecule has 164 valence electrons. The van der Waals surface area contributed by atoms with E-state index in [1.807, 2.05) is 36.4 Å². The van der Waals surface area contributed by atoms with Crippen LogP contribution in [0.15, 0.2) is 60.9 Å². The Bertz CT molecular complexity index is 877. The van der Waals surface area contributed by atoms with Gasteiger partial charge in [0.2, 0.25) is 0 Å². The first-order valence-electron chi connectivity index (χ1n) is 7.58. The molecular weight excluding hydrogens is 626 g/mol. The van der Waals surface area contributed by atoms with E-state index in [-0.39, 0.29) is 21.1 Å². The van der Waals surface area contributed by atoms with Gasteiger partial charge in [0.1, 0.15) is 0 Å². The van der Waals surface area contributed by atoms with Crippen molar-refractivity contribution in [1.29, 1.82) is 0 Å². The summed E-state index contributed by atoms with van der Waals surface area (Å²) >= 11 is 5.97. The second kappa shape index (κ2) is 12.6. The molecule has 3 aromatic rings. The minimum atomic E-state index is -6.00. The maximum atomic E-state index is 9.75. The third-order valence-corrected chi connectivity index (χ3v) is 2.90. The Hall–Kier alpha value is -2.00. The van der Waals surface area contributed by atoms with E-state index in [0.717, 1.165) is 22.8 Å². The van der Waals surface area contributed by atoms with Crippen LogP contribution in [0.25, 0.3) is 22.8 Å². The topological polar surface area (TPSA) is 38.7 Å². The predicted molar refractivity (Wildman–Crippen MR) is 96.1 cm³/mol. The van der Waals surface area contributed by atoms with E-state index in [0.29, 0.717) is 5.02 Å². The zero-order chi connectivity index (χ0) is 22.1. The van der Waals surface area contributed by atoms with Crippen molar-refractivity contribution in [3.63, 3.8) is 0 Å². The molecule has 0 saturated carbocycles. The summed E-state index contributed by atoms with van der Waals surface area (Å²) in [4.78, 5) is 13.1. The number of rotatable bonds is 2. The molecule has 0 aliphatic carbocycles. The third kappa shape index (κ3) is 14.1. The van der Waals surface area contributed by atoms with Gasteiger partial charge in [0, 0.05) is 17.4 Å². The average Bonchev–Trinajstić information content (AvgIpc) is 2.60. The van der Waals surface area contributed by atoms with Gasteiger partial charge >= 0.3 is 35.6 Å². The number of nitrogens with zero attached hydrogens (tertiary/aromatic N) is 3. The van der Waals surface area contributed by atoms with Gasteiger partial charge in [-0.25, -0.2) is 4.98 Å². The molecule has 30 heavy (non-hydrogen) atoms. The number of halogens is 9. The van der Waals surface area contributed by atoms with E-state index >= 15 is 0 Å². The molecule has 0 N–H and O–H groups in total. The van der Waals surface area contributed by atoms with Gasteiger partial charge in [-0.1, -0.05) is 23.7 Å². The van der Waals surface area contributed by atoms with E-state index in [4.69, 9.17) is 11.6 Å². The van der Waals surface area contributed by atoms with Crippen LogP contribution < -0.4 is 0 Å². The Morgan fingerprint density at radius 2 is 1.07 bits per heavy atom. The molecule has 0 unspecified atom stereocenters. The maximum Gasteiger partial charge on any atom is 2.00 e. The molecule has 15 heteroatoms. The average molecular weight is 636 g/mol. The summed E-state index contributed by atoms with van der Waals surface area (Å²) in [5.41, 5.74) is 3.20. The van der Waals surface area contributed by atoms with E-state index in [2.05, 4.69) is 15.0 Å². The van der Waals surface area contributed by atoms with Crippen LogP contribution in [0.5, 0.6) is 0 Å². The van der Waals surface area contributed by atoms with Crippen LogP contribution in [-0.2, 0) is 21.1 Å². The Labute approximate surface area is 185 Å². The van der Waals surface area contributed by atoms with E-state index in [1.54, 1.807) is 24.5 Å². The van der Waals surface area contributed by atoms with Crippen molar-refractivity contribution < 1.29 is 55.6 Å². The molecule has 0 aliphatic heterocycles. The molecule has 0 amide bonds. The first-order valence-corrected chi connectivity index (χ1v) is 7.96. The van der Waals surface area contributed by atoms with E-state index in [9.17, 15) is 34.5 Å². The van der Waals surface area contributed by atoms with Gasteiger partial charge in [0.15, 0.2) is 0 Å². The fourth-order valence-corrected chi connectivity index (χ4v) is 1.94. The molecule has 0 aromatic carbocycles. The number of hydrogen-bond donors (Lipinski definition) is 0. The van der Waals surface area contributed by atoms with Crippen LogP contribution in [0.2, 0.25) is 5.02 Å². The van der Waals surface area contributed by atoms with Gasteiger partial charge in [-0.3, -0.25) is 9.97 Å². The fraction of sp³-hybridized carbons (Fsp3) is 0. The van der Waals surface area contributed by atoms with Crippen molar-refractivity contribution in [3.8, 4) is 22.8 Å². The van der Waals surface area contributed by atoms with Crippen molar-refractivity contribution in [3.05, 3.63) is 65.9 Å². The van der Waals surface area contributed by atoms with Gasteiger partial charge in [-0.05, 0) is 36.4 Å². The first kappa shape index (κ1) is 28.0. The van der Waals surface area contributed by atoms with Gasteiger partial charge in [0.25, 0.3) is 0 Å². The van der Waals surface area contributed by atoms with Gasteiger partial charge in [0.05, 0.1) is 22.8 Å². The summed E-state index contributed by atoms with van der Waals surface area (Å²) in [5.74, 6) is 0. The van der Waals surface area contributed by atoms with Crippen LogP contribution in [0, 0.1) is 0 Å². The molecule has 0 radical (unpaired) electrons. The largest absolute Gasteiger partial charge is 2.00 e. The maximum absolute atomic E-state index is 9.75. The van der Waals surface area contributed by atoms with Crippen LogP contribution in [-0.4, -0.2) is 29.5 Å². The summed E-state index contributed by atoms with van der Waals surface area (Å²) < 4.78 is 78.0. The standard InChI is InChI=1S/C15H10ClN3.2BF4.Pt/c16-11-7-9-18-15(10-11)14-6-3-5-13(19-14)12-4-1-2-8-17-12;2*2-1(3,4)5;/h1-10H;;;/q;2*-1;+2. The zero-order valence-corrected chi connectivity index (χ0v) is 17.5. The van der Waals surface area contributed by atoms with Gasteiger partial charge in [-0.2, -0.15) is 0 Å². The summed E-state index contributed by atoms with van der Waals surface area (Å²) in [6, 6.07) is 15.1. The Morgan fingerprint density at radius 3 is 1.53 bits per heavy atom. The molecule has 0 aliphatic rings. The predicted octanol–water partition coefficient (Wildman–Crippen LogP) is 6.46. The van der Waals surface area contributed by atoms with Crippen molar-refractivity contribution >= 4 is 26.1 Å². The van der Waals surface area contributed by atoms with Crippen molar-refractivity contribution in [2.45, 2.75) is 0 Å². The number of hydrogen-bond acceptors (Lipinski definition) is 3. The van der Waals surface area contributed by atoms with E-state index < -0.39 is 14.5 Å². The monoisotopic (exact) mass is 636 g/mol. The molecule has 0 atom stereocenters. The quantitative estimate of drug-likeness (QED) is 0.240.